The van der Waals surface area contributed by atoms with Gasteiger partial charge in [0.05, 0.1) is 18.2 Å². The fourth-order valence-electron chi connectivity index (χ4n) is 1.40. The molecule has 3 heteroatoms. The lowest BCUT2D eigenvalue weighted by Gasteiger charge is -2.00. The fraction of sp³-hybridized carbons (Fsp3) is 0.500. The van der Waals surface area contributed by atoms with E-state index < -0.39 is 0 Å². The van der Waals surface area contributed by atoms with Crippen LogP contribution in [0.15, 0.2) is 18.6 Å². The predicted molar refractivity (Wildman–Crippen MR) is 53.5 cm³/mol. The van der Waals surface area contributed by atoms with Crippen LogP contribution < -0.4 is 5.32 Å². The van der Waals surface area contributed by atoms with Gasteiger partial charge in [-0.3, -0.25) is 0 Å². The lowest BCUT2D eigenvalue weighted by Crippen LogP contribution is -2.04. The summed E-state index contributed by atoms with van der Waals surface area (Å²) < 4.78 is 2.26. The molecule has 0 saturated heterocycles. The molecule has 0 aliphatic heterocycles. The second-order valence-electron chi connectivity index (χ2n) is 3.42. The molecule has 1 saturated carbocycles. The molecule has 0 unspecified atom stereocenters. The summed E-state index contributed by atoms with van der Waals surface area (Å²) >= 11 is 0. The minimum absolute atomic E-state index is 0.719. The van der Waals surface area contributed by atoms with E-state index in [1.165, 1.54) is 18.5 Å². The molecule has 0 bridgehead atoms. The molecule has 70 valence electrons. The quantitative estimate of drug-likeness (QED) is 0.754. The normalized spacial score (nSPS) is 17.0. The van der Waals surface area contributed by atoms with Crippen LogP contribution in [-0.4, -0.2) is 23.1 Å². The molecule has 2 rings (SSSR count). The van der Waals surface area contributed by atoms with Gasteiger partial charge in [-0.25, -0.2) is 4.98 Å². The lowest BCUT2D eigenvalue weighted by atomic mass is 10.4. The van der Waals surface area contributed by atoms with E-state index in [-0.39, 0.29) is 0 Å². The van der Waals surface area contributed by atoms with Crippen molar-refractivity contribution in [3.63, 3.8) is 0 Å². The molecule has 0 amide bonds. The monoisotopic (exact) mass is 177 g/mol. The van der Waals surface area contributed by atoms with Gasteiger partial charge in [0, 0.05) is 12.6 Å². The van der Waals surface area contributed by atoms with Crippen molar-refractivity contribution in [2.24, 2.45) is 0 Å². The summed E-state index contributed by atoms with van der Waals surface area (Å²) in [4.78, 5) is 4.15. The minimum Gasteiger partial charge on any atom is -0.328 e. The smallest absolute Gasteiger partial charge is 0.0953 e. The van der Waals surface area contributed by atoms with Crippen LogP contribution in [0.2, 0.25) is 0 Å². The van der Waals surface area contributed by atoms with Gasteiger partial charge in [0.15, 0.2) is 0 Å². The topological polar surface area (TPSA) is 29.9 Å². The maximum absolute atomic E-state index is 4.15. The van der Waals surface area contributed by atoms with Gasteiger partial charge < -0.3 is 9.88 Å². The van der Waals surface area contributed by atoms with Crippen molar-refractivity contribution in [1.29, 1.82) is 0 Å². The Morgan fingerprint density at radius 3 is 3.23 bits per heavy atom. The number of hydrogen-bond acceptors (Lipinski definition) is 2. The highest BCUT2D eigenvalue weighted by molar-refractivity contribution is 5.44. The first-order valence-corrected chi connectivity index (χ1v) is 4.75. The zero-order valence-corrected chi connectivity index (χ0v) is 7.90. The number of likely N-dealkylation sites (N-methyl/N-ethyl adjacent to an activating group) is 1. The molecule has 1 aromatic rings. The summed E-state index contributed by atoms with van der Waals surface area (Å²) in [5.74, 6) is 0. The third-order valence-electron chi connectivity index (χ3n) is 2.25. The first-order chi connectivity index (χ1) is 6.42. The van der Waals surface area contributed by atoms with Gasteiger partial charge in [0.25, 0.3) is 0 Å². The molecule has 0 spiro atoms. The summed E-state index contributed by atoms with van der Waals surface area (Å²) in [6.07, 6.45) is 10.7. The minimum atomic E-state index is 0.719. The zero-order valence-electron chi connectivity index (χ0n) is 7.90. The van der Waals surface area contributed by atoms with Crippen LogP contribution in [0.3, 0.4) is 0 Å². The third-order valence-corrected chi connectivity index (χ3v) is 2.25. The highest BCUT2D eigenvalue weighted by Crippen LogP contribution is 2.35. The second-order valence-corrected chi connectivity index (χ2v) is 3.42. The number of rotatable bonds is 4. The van der Waals surface area contributed by atoms with Crippen molar-refractivity contribution in [2.75, 3.05) is 13.6 Å². The van der Waals surface area contributed by atoms with Crippen molar-refractivity contribution in [3.05, 3.63) is 24.3 Å². The third kappa shape index (κ3) is 1.98. The fourth-order valence-corrected chi connectivity index (χ4v) is 1.40. The van der Waals surface area contributed by atoms with E-state index in [9.17, 15) is 0 Å². The van der Waals surface area contributed by atoms with E-state index in [0.717, 1.165) is 12.6 Å². The summed E-state index contributed by atoms with van der Waals surface area (Å²) in [5, 5.41) is 3.08. The molecule has 0 aromatic carbocycles. The Balaban J connectivity index is 2.05. The summed E-state index contributed by atoms with van der Waals surface area (Å²) in [7, 11) is 1.95. The van der Waals surface area contributed by atoms with Gasteiger partial charge in [0.1, 0.15) is 0 Å². The van der Waals surface area contributed by atoms with Crippen molar-refractivity contribution in [2.45, 2.75) is 18.9 Å². The first-order valence-electron chi connectivity index (χ1n) is 4.75. The van der Waals surface area contributed by atoms with Crippen LogP contribution in [0, 0.1) is 0 Å². The van der Waals surface area contributed by atoms with Crippen molar-refractivity contribution < 1.29 is 0 Å². The lowest BCUT2D eigenvalue weighted by molar-refractivity contribution is 0.733. The Hall–Kier alpha value is -1.09. The van der Waals surface area contributed by atoms with E-state index in [4.69, 9.17) is 0 Å². The highest BCUT2D eigenvalue weighted by atomic mass is 15.1. The van der Waals surface area contributed by atoms with Crippen molar-refractivity contribution >= 4 is 6.08 Å². The van der Waals surface area contributed by atoms with Gasteiger partial charge in [-0.05, 0) is 26.0 Å². The molecule has 0 radical (unpaired) electrons. The van der Waals surface area contributed by atoms with Crippen LogP contribution in [0.25, 0.3) is 6.08 Å². The van der Waals surface area contributed by atoms with Gasteiger partial charge in [-0.1, -0.05) is 6.08 Å². The Morgan fingerprint density at radius 2 is 2.54 bits per heavy atom. The number of aromatic nitrogens is 2. The largest absolute Gasteiger partial charge is 0.328 e. The van der Waals surface area contributed by atoms with Gasteiger partial charge in [-0.15, -0.1) is 0 Å². The van der Waals surface area contributed by atoms with Crippen LogP contribution in [0.5, 0.6) is 0 Å². The van der Waals surface area contributed by atoms with E-state index in [1.807, 2.05) is 19.6 Å². The average molecular weight is 177 g/mol. The van der Waals surface area contributed by atoms with Crippen molar-refractivity contribution in [1.82, 2.24) is 14.9 Å². The SMILES string of the molecule is CNCC=Cc1cncn1C1CC1. The zero-order chi connectivity index (χ0) is 9.10. The Labute approximate surface area is 78.5 Å². The Kier molecular flexibility index (Phi) is 2.45. The molecule has 13 heavy (non-hydrogen) atoms. The van der Waals surface area contributed by atoms with E-state index >= 15 is 0 Å². The molecule has 1 aliphatic rings. The van der Waals surface area contributed by atoms with Gasteiger partial charge >= 0.3 is 0 Å². The van der Waals surface area contributed by atoms with Crippen LogP contribution >= 0.6 is 0 Å². The summed E-state index contributed by atoms with van der Waals surface area (Å²) in [6.45, 7) is 0.913. The van der Waals surface area contributed by atoms with Gasteiger partial charge in [0.2, 0.25) is 0 Å². The summed E-state index contributed by atoms with van der Waals surface area (Å²) in [5.41, 5.74) is 1.22. The Bertz CT molecular complexity index is 297. The molecular weight excluding hydrogens is 162 g/mol. The van der Waals surface area contributed by atoms with Gasteiger partial charge in [-0.2, -0.15) is 0 Å². The summed E-state index contributed by atoms with van der Waals surface area (Å²) in [6, 6.07) is 0.719. The predicted octanol–water partition coefficient (Wildman–Crippen LogP) is 1.45. The molecule has 1 fully saturated rings. The molecule has 1 aromatic heterocycles. The van der Waals surface area contributed by atoms with Crippen LogP contribution in [0.4, 0.5) is 0 Å². The van der Waals surface area contributed by atoms with Crippen LogP contribution in [0.1, 0.15) is 24.6 Å². The molecule has 3 nitrogen and oxygen atoms in total. The molecule has 1 aliphatic carbocycles. The van der Waals surface area contributed by atoms with Crippen LogP contribution in [-0.2, 0) is 0 Å². The van der Waals surface area contributed by atoms with E-state index in [1.54, 1.807) is 0 Å². The first kappa shape index (κ1) is 8.51. The van der Waals surface area contributed by atoms with Crippen molar-refractivity contribution in [3.8, 4) is 0 Å². The average Bonchev–Trinajstić information content (AvgIpc) is 2.88. The second kappa shape index (κ2) is 3.75. The number of imidazole rings is 1. The van der Waals surface area contributed by atoms with E-state index in [0.29, 0.717) is 0 Å². The molecule has 1 heterocycles. The number of nitrogens with one attached hydrogen (secondary N) is 1. The number of hydrogen-bond donors (Lipinski definition) is 1. The maximum atomic E-state index is 4.15. The standard InChI is InChI=1S/C10H15N3/c1-11-6-2-3-10-7-12-8-13(10)9-4-5-9/h2-3,7-9,11H,4-6H2,1H3. The molecule has 1 N–H and O–H groups in total. The molecular formula is C10H15N3. The van der Waals surface area contributed by atoms with E-state index in [2.05, 4.69) is 27.0 Å². The highest BCUT2D eigenvalue weighted by Gasteiger charge is 2.24. The molecule has 0 atom stereocenters. The maximum Gasteiger partial charge on any atom is 0.0953 e. The number of nitrogens with zero attached hydrogens (tertiary/aromatic N) is 2. The Morgan fingerprint density at radius 1 is 1.69 bits per heavy atom.